The summed E-state index contributed by atoms with van der Waals surface area (Å²) in [6.45, 7) is 7.60. The third-order valence-electron chi connectivity index (χ3n) is 4.16. The average molecular weight is 379 g/mol. The zero-order valence-corrected chi connectivity index (χ0v) is 16.4. The van der Waals surface area contributed by atoms with E-state index in [4.69, 9.17) is 9.47 Å². The Hall–Kier alpha value is -3.28. The van der Waals surface area contributed by atoms with E-state index in [0.29, 0.717) is 31.0 Å². The van der Waals surface area contributed by atoms with E-state index >= 15 is 0 Å². The van der Waals surface area contributed by atoms with E-state index in [9.17, 15) is 4.79 Å². The summed E-state index contributed by atoms with van der Waals surface area (Å²) in [6.07, 6.45) is 3.45. The molecule has 146 valence electrons. The fourth-order valence-corrected chi connectivity index (χ4v) is 2.80. The molecule has 0 aliphatic rings. The highest BCUT2D eigenvalue weighted by molar-refractivity contribution is 6.04. The van der Waals surface area contributed by atoms with Gasteiger partial charge in [-0.05, 0) is 50.6 Å². The molecule has 0 radical (unpaired) electrons. The lowest BCUT2D eigenvalue weighted by Crippen LogP contribution is -2.11. The molecule has 6 nitrogen and oxygen atoms in total. The van der Waals surface area contributed by atoms with Gasteiger partial charge in [-0.3, -0.25) is 9.48 Å². The van der Waals surface area contributed by atoms with Crippen LogP contribution >= 0.6 is 0 Å². The fourth-order valence-electron chi connectivity index (χ4n) is 2.80. The van der Waals surface area contributed by atoms with Crippen molar-refractivity contribution in [2.24, 2.45) is 0 Å². The van der Waals surface area contributed by atoms with E-state index in [0.717, 1.165) is 22.6 Å². The molecule has 0 aliphatic carbocycles. The lowest BCUT2D eigenvalue weighted by Gasteiger charge is -2.12. The van der Waals surface area contributed by atoms with E-state index in [1.807, 2.05) is 69.4 Å². The van der Waals surface area contributed by atoms with Crippen LogP contribution in [0.2, 0.25) is 0 Å². The van der Waals surface area contributed by atoms with E-state index in [-0.39, 0.29) is 5.91 Å². The van der Waals surface area contributed by atoms with Crippen molar-refractivity contribution >= 4 is 11.6 Å². The van der Waals surface area contributed by atoms with Crippen LogP contribution in [0.3, 0.4) is 0 Å². The largest absolute Gasteiger partial charge is 0.490 e. The molecular formula is C22H25N3O3. The molecule has 1 N–H and O–H groups in total. The standard InChI is InChI=1S/C22H25N3O3/c1-4-27-20-11-8-17(12-21(20)28-5-2)14-25-15-19(13-23-25)24-22(26)18-9-6-16(3)7-10-18/h6-13,15H,4-5,14H2,1-3H3,(H,24,26). The smallest absolute Gasteiger partial charge is 0.255 e. The molecule has 6 heteroatoms. The molecule has 2 aromatic carbocycles. The number of anilines is 1. The van der Waals surface area contributed by atoms with Crippen molar-refractivity contribution in [2.45, 2.75) is 27.3 Å². The van der Waals surface area contributed by atoms with Crippen LogP contribution in [0.25, 0.3) is 0 Å². The zero-order chi connectivity index (χ0) is 19.9. The highest BCUT2D eigenvalue weighted by atomic mass is 16.5. The van der Waals surface area contributed by atoms with Gasteiger partial charge in [0.2, 0.25) is 0 Å². The van der Waals surface area contributed by atoms with Crippen molar-refractivity contribution in [3.63, 3.8) is 0 Å². The maximum absolute atomic E-state index is 12.3. The molecule has 0 saturated carbocycles. The summed E-state index contributed by atoms with van der Waals surface area (Å²) in [7, 11) is 0. The SMILES string of the molecule is CCOc1ccc(Cn2cc(NC(=O)c3ccc(C)cc3)cn2)cc1OCC. The Labute approximate surface area is 165 Å². The van der Waals surface area contributed by atoms with Gasteiger partial charge in [0.25, 0.3) is 5.91 Å². The van der Waals surface area contributed by atoms with Gasteiger partial charge in [-0.25, -0.2) is 0 Å². The Bertz CT molecular complexity index is 932. The van der Waals surface area contributed by atoms with E-state index in [1.165, 1.54) is 0 Å². The molecule has 0 atom stereocenters. The van der Waals surface area contributed by atoms with Crippen LogP contribution in [0.4, 0.5) is 5.69 Å². The maximum Gasteiger partial charge on any atom is 0.255 e. The van der Waals surface area contributed by atoms with Gasteiger partial charge in [0.15, 0.2) is 11.5 Å². The zero-order valence-electron chi connectivity index (χ0n) is 16.4. The molecule has 1 aromatic heterocycles. The second kappa shape index (κ2) is 9.08. The highest BCUT2D eigenvalue weighted by Gasteiger charge is 2.09. The molecule has 0 spiro atoms. The fraction of sp³-hybridized carbons (Fsp3) is 0.273. The minimum Gasteiger partial charge on any atom is -0.490 e. The van der Waals surface area contributed by atoms with Gasteiger partial charge in [0.05, 0.1) is 31.6 Å². The molecule has 28 heavy (non-hydrogen) atoms. The van der Waals surface area contributed by atoms with Crippen molar-refractivity contribution in [1.29, 1.82) is 0 Å². The number of hydrogen-bond acceptors (Lipinski definition) is 4. The number of aromatic nitrogens is 2. The Balaban J connectivity index is 1.68. The highest BCUT2D eigenvalue weighted by Crippen LogP contribution is 2.29. The predicted octanol–water partition coefficient (Wildman–Crippen LogP) is 4.29. The summed E-state index contributed by atoms with van der Waals surface area (Å²) in [6, 6.07) is 13.3. The number of carbonyl (C=O) groups is 1. The molecule has 0 saturated heterocycles. The third kappa shape index (κ3) is 4.91. The summed E-state index contributed by atoms with van der Waals surface area (Å²) < 4.78 is 13.0. The number of nitrogens with one attached hydrogen (secondary N) is 1. The van der Waals surface area contributed by atoms with Gasteiger partial charge in [0, 0.05) is 11.8 Å². The van der Waals surface area contributed by atoms with E-state index in [1.54, 1.807) is 10.9 Å². The van der Waals surface area contributed by atoms with Crippen LogP contribution in [0.15, 0.2) is 54.9 Å². The number of carbonyl (C=O) groups excluding carboxylic acids is 1. The third-order valence-corrected chi connectivity index (χ3v) is 4.16. The quantitative estimate of drug-likeness (QED) is 0.634. The van der Waals surface area contributed by atoms with Gasteiger partial charge in [-0.15, -0.1) is 0 Å². The topological polar surface area (TPSA) is 65.4 Å². The summed E-state index contributed by atoms with van der Waals surface area (Å²) in [5.41, 5.74) is 3.42. The van der Waals surface area contributed by atoms with Gasteiger partial charge < -0.3 is 14.8 Å². The second-order valence-electron chi connectivity index (χ2n) is 6.39. The molecule has 3 aromatic rings. The Morgan fingerprint density at radius 3 is 2.46 bits per heavy atom. The number of benzene rings is 2. The van der Waals surface area contributed by atoms with Crippen molar-refractivity contribution in [3.05, 3.63) is 71.5 Å². The Morgan fingerprint density at radius 2 is 1.75 bits per heavy atom. The minimum absolute atomic E-state index is 0.153. The van der Waals surface area contributed by atoms with Crippen LogP contribution in [-0.4, -0.2) is 28.9 Å². The molecule has 1 heterocycles. The molecular weight excluding hydrogens is 354 g/mol. The molecule has 0 aliphatic heterocycles. The first-order valence-electron chi connectivity index (χ1n) is 9.38. The normalized spacial score (nSPS) is 10.5. The first-order chi connectivity index (χ1) is 13.6. The van der Waals surface area contributed by atoms with Crippen LogP contribution in [0.5, 0.6) is 11.5 Å². The lowest BCUT2D eigenvalue weighted by molar-refractivity contribution is 0.102. The Kier molecular flexibility index (Phi) is 6.32. The number of ether oxygens (including phenoxy) is 2. The van der Waals surface area contributed by atoms with E-state index in [2.05, 4.69) is 10.4 Å². The Morgan fingerprint density at radius 1 is 1.04 bits per heavy atom. The van der Waals surface area contributed by atoms with Crippen LogP contribution < -0.4 is 14.8 Å². The monoisotopic (exact) mass is 379 g/mol. The van der Waals surface area contributed by atoms with Crippen LogP contribution in [-0.2, 0) is 6.54 Å². The predicted molar refractivity (Wildman–Crippen MR) is 109 cm³/mol. The lowest BCUT2D eigenvalue weighted by atomic mass is 10.1. The van der Waals surface area contributed by atoms with Crippen molar-refractivity contribution < 1.29 is 14.3 Å². The second-order valence-corrected chi connectivity index (χ2v) is 6.39. The first kappa shape index (κ1) is 19.5. The molecule has 1 amide bonds. The van der Waals surface area contributed by atoms with Crippen molar-refractivity contribution in [1.82, 2.24) is 9.78 Å². The molecule has 3 rings (SSSR count). The number of aryl methyl sites for hydroxylation is 1. The number of hydrogen-bond donors (Lipinski definition) is 1. The van der Waals surface area contributed by atoms with Crippen LogP contribution in [0.1, 0.15) is 35.3 Å². The van der Waals surface area contributed by atoms with Gasteiger partial charge in [-0.1, -0.05) is 23.8 Å². The summed E-state index contributed by atoms with van der Waals surface area (Å²) in [4.78, 5) is 12.3. The number of amides is 1. The summed E-state index contributed by atoms with van der Waals surface area (Å²) >= 11 is 0. The molecule has 0 fully saturated rings. The number of rotatable bonds is 8. The van der Waals surface area contributed by atoms with Crippen LogP contribution in [0, 0.1) is 6.92 Å². The first-order valence-corrected chi connectivity index (χ1v) is 9.38. The van der Waals surface area contributed by atoms with Crippen molar-refractivity contribution in [2.75, 3.05) is 18.5 Å². The molecule has 0 unspecified atom stereocenters. The van der Waals surface area contributed by atoms with Gasteiger partial charge >= 0.3 is 0 Å². The summed E-state index contributed by atoms with van der Waals surface area (Å²) in [5.74, 6) is 1.31. The summed E-state index contributed by atoms with van der Waals surface area (Å²) in [5, 5.41) is 7.21. The van der Waals surface area contributed by atoms with Gasteiger partial charge in [0.1, 0.15) is 0 Å². The maximum atomic E-state index is 12.3. The van der Waals surface area contributed by atoms with Crippen molar-refractivity contribution in [3.8, 4) is 11.5 Å². The van der Waals surface area contributed by atoms with E-state index < -0.39 is 0 Å². The molecule has 0 bridgehead atoms. The number of nitrogens with zero attached hydrogens (tertiary/aromatic N) is 2. The minimum atomic E-state index is -0.153. The average Bonchev–Trinajstić information content (AvgIpc) is 3.11. The van der Waals surface area contributed by atoms with Gasteiger partial charge in [-0.2, -0.15) is 5.10 Å².